The predicted octanol–water partition coefficient (Wildman–Crippen LogP) is 3.85. The van der Waals surface area contributed by atoms with Gasteiger partial charge in [0.2, 0.25) is 10.0 Å². The lowest BCUT2D eigenvalue weighted by Gasteiger charge is -2.32. The van der Waals surface area contributed by atoms with Crippen LogP contribution in [-0.2, 0) is 24.9 Å². The summed E-state index contributed by atoms with van der Waals surface area (Å²) in [5, 5.41) is 0.281. The van der Waals surface area contributed by atoms with Gasteiger partial charge in [0.15, 0.2) is 0 Å². The lowest BCUT2D eigenvalue weighted by Crippen LogP contribution is -2.45. The third-order valence-electron chi connectivity index (χ3n) is 5.68. The Morgan fingerprint density at radius 3 is 2.03 bits per heavy atom. The van der Waals surface area contributed by atoms with Crippen molar-refractivity contribution in [2.45, 2.75) is 63.2 Å². The normalized spacial score (nSPS) is 18.8. The molecule has 156 valence electrons. The van der Waals surface area contributed by atoms with Gasteiger partial charge in [0.25, 0.3) is 0 Å². The van der Waals surface area contributed by atoms with Crippen molar-refractivity contribution in [3.05, 3.63) is 59.1 Å². The zero-order chi connectivity index (χ0) is 21.7. The monoisotopic (exact) mass is 435 g/mol. The van der Waals surface area contributed by atoms with Gasteiger partial charge < -0.3 is 9.31 Å². The fourth-order valence-corrected chi connectivity index (χ4v) is 5.22. The highest BCUT2D eigenvalue weighted by Gasteiger charge is 2.53. The largest absolute Gasteiger partial charge is 0.497 e. The molecule has 0 saturated carbocycles. The molecule has 0 spiro atoms. The Morgan fingerprint density at radius 2 is 1.48 bits per heavy atom. The Hall–Kier alpha value is -1.38. The Morgan fingerprint density at radius 1 is 0.931 bits per heavy atom. The summed E-state index contributed by atoms with van der Waals surface area (Å²) in [6, 6.07) is 14.2. The summed E-state index contributed by atoms with van der Waals surface area (Å²) < 4.78 is 41.8. The summed E-state index contributed by atoms with van der Waals surface area (Å²) in [5.74, 6) is 0. The van der Waals surface area contributed by atoms with Gasteiger partial charge in [-0.2, -0.15) is 0 Å². The number of rotatable bonds is 5. The molecule has 1 heterocycles. The molecule has 1 N–H and O–H groups in total. The lowest BCUT2D eigenvalue weighted by molar-refractivity contribution is 0.00578. The van der Waals surface area contributed by atoms with E-state index in [9.17, 15) is 8.42 Å². The summed E-state index contributed by atoms with van der Waals surface area (Å²) in [6.07, 6.45) is 0. The van der Waals surface area contributed by atoms with Gasteiger partial charge in [-0.15, -0.1) is 0 Å². The number of benzene rings is 2. The highest BCUT2D eigenvalue weighted by molar-refractivity contribution is 7.89. The summed E-state index contributed by atoms with van der Waals surface area (Å²) in [5.41, 5.74) is -0.897. The van der Waals surface area contributed by atoms with Gasteiger partial charge in [0.1, 0.15) is 0 Å². The van der Waals surface area contributed by atoms with E-state index < -0.39 is 33.9 Å². The zero-order valence-electron chi connectivity index (χ0n) is 17.6. The fraction of sp³-hybridized carbons (Fsp3) is 0.429. The van der Waals surface area contributed by atoms with Gasteiger partial charge in [-0.3, -0.25) is 0 Å². The molecule has 0 aromatic heterocycles. The molecular weight excluding hydrogens is 409 g/mol. The van der Waals surface area contributed by atoms with E-state index in [1.54, 1.807) is 12.1 Å². The molecule has 0 atom stereocenters. The third-order valence-corrected chi connectivity index (χ3v) is 7.72. The maximum Gasteiger partial charge on any atom is 0.497 e. The van der Waals surface area contributed by atoms with Crippen molar-refractivity contribution in [2.24, 2.45) is 0 Å². The van der Waals surface area contributed by atoms with E-state index in [0.29, 0.717) is 5.46 Å². The van der Waals surface area contributed by atoms with Crippen LogP contribution >= 0.6 is 11.6 Å². The van der Waals surface area contributed by atoms with Gasteiger partial charge in [-0.1, -0.05) is 48.0 Å². The van der Waals surface area contributed by atoms with Crippen LogP contribution in [-0.4, -0.2) is 26.7 Å². The molecule has 0 aliphatic carbocycles. The van der Waals surface area contributed by atoms with Crippen LogP contribution in [0, 0.1) is 0 Å². The van der Waals surface area contributed by atoms with Gasteiger partial charge in [0.05, 0.1) is 21.6 Å². The lowest BCUT2D eigenvalue weighted by atomic mass is 9.79. The highest BCUT2D eigenvalue weighted by atomic mass is 35.5. The number of hydrogen-bond donors (Lipinski definition) is 1. The average molecular weight is 436 g/mol. The molecule has 0 unspecified atom stereocenters. The van der Waals surface area contributed by atoms with Crippen LogP contribution in [0.3, 0.4) is 0 Å². The van der Waals surface area contributed by atoms with Crippen LogP contribution < -0.4 is 10.2 Å². The molecule has 1 aliphatic rings. The first-order chi connectivity index (χ1) is 13.3. The van der Waals surface area contributed by atoms with E-state index >= 15 is 0 Å². The van der Waals surface area contributed by atoms with Crippen molar-refractivity contribution in [1.29, 1.82) is 0 Å². The van der Waals surface area contributed by atoms with Gasteiger partial charge >= 0.3 is 7.12 Å². The first-order valence-corrected chi connectivity index (χ1v) is 11.4. The number of sulfonamides is 1. The molecule has 0 bridgehead atoms. The molecule has 8 heteroatoms. The minimum absolute atomic E-state index is 0.0486. The van der Waals surface area contributed by atoms with Crippen LogP contribution in [0.2, 0.25) is 5.02 Å². The Bertz CT molecular complexity index is 991. The molecular formula is C21H27BClNO4S. The molecule has 1 aliphatic heterocycles. The molecule has 1 fully saturated rings. The SMILES string of the molecule is CC(C)(NS(=O)(=O)c1cccc(Cl)c1B1OC(C)(C)C(C)(C)O1)c1ccccc1. The minimum Gasteiger partial charge on any atom is -0.399 e. The predicted molar refractivity (Wildman–Crippen MR) is 117 cm³/mol. The van der Waals surface area contributed by atoms with Crippen LogP contribution in [0.25, 0.3) is 0 Å². The second-order valence-corrected chi connectivity index (χ2v) is 10.9. The quantitative estimate of drug-likeness (QED) is 0.725. The van der Waals surface area contributed by atoms with Crippen molar-refractivity contribution in [1.82, 2.24) is 4.72 Å². The molecule has 0 radical (unpaired) electrons. The molecule has 2 aromatic carbocycles. The zero-order valence-corrected chi connectivity index (χ0v) is 19.2. The standard InChI is InChI=1S/C21H27BClNO4S/c1-19(2,15-11-8-7-9-12-15)24-29(25,26)17-14-10-13-16(23)18(17)22-27-20(3,4)21(5,6)28-22/h7-14,24H,1-6H3. The van der Waals surface area contributed by atoms with Gasteiger partial charge in [-0.05, 0) is 59.2 Å². The van der Waals surface area contributed by atoms with Crippen molar-refractivity contribution in [3.8, 4) is 0 Å². The second kappa shape index (κ2) is 7.39. The smallest absolute Gasteiger partial charge is 0.399 e. The summed E-state index contributed by atoms with van der Waals surface area (Å²) >= 11 is 6.44. The summed E-state index contributed by atoms with van der Waals surface area (Å²) in [6.45, 7) is 11.3. The number of halogens is 1. The highest BCUT2D eigenvalue weighted by Crippen LogP contribution is 2.37. The average Bonchev–Trinajstić information content (AvgIpc) is 2.82. The van der Waals surface area contributed by atoms with Crippen molar-refractivity contribution in [3.63, 3.8) is 0 Å². The van der Waals surface area contributed by atoms with Gasteiger partial charge in [-0.25, -0.2) is 13.1 Å². The number of hydrogen-bond acceptors (Lipinski definition) is 4. The molecule has 2 aromatic rings. The molecule has 29 heavy (non-hydrogen) atoms. The molecule has 1 saturated heterocycles. The van der Waals surface area contributed by atoms with Crippen molar-refractivity contribution >= 4 is 34.2 Å². The van der Waals surface area contributed by atoms with Crippen LogP contribution in [0.5, 0.6) is 0 Å². The number of nitrogens with one attached hydrogen (secondary N) is 1. The minimum atomic E-state index is -3.93. The summed E-state index contributed by atoms with van der Waals surface area (Å²) in [4.78, 5) is 0.0486. The third kappa shape index (κ3) is 4.25. The Balaban J connectivity index is 2.03. The molecule has 0 amide bonds. The molecule has 5 nitrogen and oxygen atoms in total. The van der Waals surface area contributed by atoms with Crippen LogP contribution in [0.15, 0.2) is 53.4 Å². The Labute approximate surface area is 179 Å². The first kappa shape index (κ1) is 22.3. The van der Waals surface area contributed by atoms with E-state index in [4.69, 9.17) is 20.9 Å². The maximum absolute atomic E-state index is 13.4. The van der Waals surface area contributed by atoms with E-state index in [1.807, 2.05) is 71.9 Å². The van der Waals surface area contributed by atoms with Crippen molar-refractivity contribution in [2.75, 3.05) is 0 Å². The maximum atomic E-state index is 13.4. The summed E-state index contributed by atoms with van der Waals surface area (Å²) in [7, 11) is -4.81. The molecule has 3 rings (SSSR count). The van der Waals surface area contributed by atoms with Crippen LogP contribution in [0.1, 0.15) is 47.1 Å². The van der Waals surface area contributed by atoms with Crippen molar-refractivity contribution < 1.29 is 17.7 Å². The van der Waals surface area contributed by atoms with Gasteiger partial charge in [0, 0.05) is 10.5 Å². The second-order valence-electron chi connectivity index (χ2n) is 8.84. The Kier molecular flexibility index (Phi) is 5.69. The topological polar surface area (TPSA) is 64.6 Å². The van der Waals surface area contributed by atoms with E-state index in [0.717, 1.165) is 5.56 Å². The van der Waals surface area contributed by atoms with E-state index in [-0.39, 0.29) is 9.92 Å². The van der Waals surface area contributed by atoms with Crippen LogP contribution in [0.4, 0.5) is 0 Å². The first-order valence-electron chi connectivity index (χ1n) is 9.50. The van der Waals surface area contributed by atoms with E-state index in [1.165, 1.54) is 6.07 Å². The van der Waals surface area contributed by atoms with E-state index in [2.05, 4.69) is 4.72 Å². The fourth-order valence-electron chi connectivity index (χ4n) is 3.25.